The number of esters is 1. The van der Waals surface area contributed by atoms with Crippen molar-refractivity contribution in [3.8, 4) is 0 Å². The molecule has 0 saturated heterocycles. The SMILES string of the molecule is CCCCc1cc(CCCC)cc(C(=O)OC(CCCCCC(C)C)COC)c1. The van der Waals surface area contributed by atoms with Crippen molar-refractivity contribution < 1.29 is 14.3 Å². The molecule has 0 aliphatic rings. The van der Waals surface area contributed by atoms with E-state index in [1.165, 1.54) is 30.4 Å². The smallest absolute Gasteiger partial charge is 0.338 e. The predicted molar refractivity (Wildman–Crippen MR) is 123 cm³/mol. The van der Waals surface area contributed by atoms with Crippen molar-refractivity contribution >= 4 is 5.97 Å². The molecule has 1 unspecified atom stereocenters. The number of unbranched alkanes of at least 4 members (excludes halogenated alkanes) is 4. The van der Waals surface area contributed by atoms with Crippen LogP contribution in [-0.4, -0.2) is 25.8 Å². The molecule has 0 fully saturated rings. The van der Waals surface area contributed by atoms with Crippen LogP contribution in [0.4, 0.5) is 0 Å². The van der Waals surface area contributed by atoms with Crippen LogP contribution in [0, 0.1) is 5.92 Å². The monoisotopic (exact) mass is 404 g/mol. The first-order valence-corrected chi connectivity index (χ1v) is 11.8. The summed E-state index contributed by atoms with van der Waals surface area (Å²) in [5.74, 6) is 0.551. The Morgan fingerprint density at radius 2 is 1.45 bits per heavy atom. The van der Waals surface area contributed by atoms with E-state index >= 15 is 0 Å². The Labute approximate surface area is 179 Å². The standard InChI is InChI=1S/C26H44O3/c1-6-8-14-22-17-23(15-9-7-2)19-24(18-22)26(27)29-25(20-28-5)16-12-10-11-13-21(3)4/h17-19,21,25H,6-16,20H2,1-5H3. The van der Waals surface area contributed by atoms with E-state index in [1.807, 2.05) is 12.1 Å². The lowest BCUT2D eigenvalue weighted by Crippen LogP contribution is -2.23. The Hall–Kier alpha value is -1.35. The minimum atomic E-state index is -0.203. The van der Waals surface area contributed by atoms with Gasteiger partial charge in [0.25, 0.3) is 0 Å². The summed E-state index contributed by atoms with van der Waals surface area (Å²) in [5, 5.41) is 0. The molecular weight excluding hydrogens is 360 g/mol. The molecule has 0 spiro atoms. The summed E-state index contributed by atoms with van der Waals surface area (Å²) < 4.78 is 11.2. The van der Waals surface area contributed by atoms with Gasteiger partial charge in [-0.3, -0.25) is 0 Å². The maximum atomic E-state index is 12.9. The van der Waals surface area contributed by atoms with Gasteiger partial charge >= 0.3 is 5.97 Å². The first-order valence-electron chi connectivity index (χ1n) is 11.8. The van der Waals surface area contributed by atoms with Gasteiger partial charge < -0.3 is 9.47 Å². The number of ether oxygens (including phenoxy) is 2. The molecule has 0 aliphatic carbocycles. The van der Waals surface area contributed by atoms with E-state index in [9.17, 15) is 4.79 Å². The highest BCUT2D eigenvalue weighted by Crippen LogP contribution is 2.18. The Balaban J connectivity index is 2.73. The minimum Gasteiger partial charge on any atom is -0.456 e. The third kappa shape index (κ3) is 11.4. The van der Waals surface area contributed by atoms with Gasteiger partial charge in [-0.05, 0) is 67.7 Å². The fourth-order valence-corrected chi connectivity index (χ4v) is 3.61. The van der Waals surface area contributed by atoms with Gasteiger partial charge in [-0.2, -0.15) is 0 Å². The maximum Gasteiger partial charge on any atom is 0.338 e. The summed E-state index contributed by atoms with van der Waals surface area (Å²) in [5.41, 5.74) is 3.21. The number of rotatable bonds is 16. The molecule has 0 amide bonds. The lowest BCUT2D eigenvalue weighted by atomic mass is 9.98. The maximum absolute atomic E-state index is 12.9. The zero-order valence-corrected chi connectivity index (χ0v) is 19.6. The largest absolute Gasteiger partial charge is 0.456 e. The third-order valence-electron chi connectivity index (χ3n) is 5.36. The van der Waals surface area contributed by atoms with Gasteiger partial charge in [-0.15, -0.1) is 0 Å². The van der Waals surface area contributed by atoms with Crippen molar-refractivity contribution in [1.82, 2.24) is 0 Å². The van der Waals surface area contributed by atoms with Crippen LogP contribution >= 0.6 is 0 Å². The van der Waals surface area contributed by atoms with Crippen LogP contribution in [0.3, 0.4) is 0 Å². The predicted octanol–water partition coefficient (Wildman–Crippen LogP) is 7.15. The summed E-state index contributed by atoms with van der Waals surface area (Å²) >= 11 is 0. The van der Waals surface area contributed by atoms with Gasteiger partial charge in [-0.1, -0.05) is 65.9 Å². The highest BCUT2D eigenvalue weighted by Gasteiger charge is 2.17. The molecule has 0 saturated carbocycles. The molecule has 3 heteroatoms. The number of methoxy groups -OCH3 is 1. The summed E-state index contributed by atoms with van der Waals surface area (Å²) in [6.45, 7) is 9.39. The first-order chi connectivity index (χ1) is 14.0. The van der Waals surface area contributed by atoms with Crippen molar-refractivity contribution in [3.63, 3.8) is 0 Å². The van der Waals surface area contributed by atoms with Crippen molar-refractivity contribution in [1.29, 1.82) is 0 Å². The second kappa shape index (κ2) is 15.5. The quantitative estimate of drug-likeness (QED) is 0.217. The van der Waals surface area contributed by atoms with E-state index in [0.29, 0.717) is 12.2 Å². The van der Waals surface area contributed by atoms with Crippen LogP contribution < -0.4 is 0 Å². The molecule has 1 atom stereocenters. The van der Waals surface area contributed by atoms with Crippen LogP contribution in [0.5, 0.6) is 0 Å². The minimum absolute atomic E-state index is 0.162. The molecule has 1 rings (SSSR count). The lowest BCUT2D eigenvalue weighted by Gasteiger charge is -2.18. The van der Waals surface area contributed by atoms with Crippen LogP contribution in [0.1, 0.15) is 107 Å². The number of carbonyl (C=O) groups is 1. The molecule has 0 N–H and O–H groups in total. The number of hydrogen-bond acceptors (Lipinski definition) is 3. The topological polar surface area (TPSA) is 35.5 Å². The third-order valence-corrected chi connectivity index (χ3v) is 5.36. The molecule has 3 nitrogen and oxygen atoms in total. The zero-order chi connectivity index (χ0) is 21.5. The fourth-order valence-electron chi connectivity index (χ4n) is 3.61. The van der Waals surface area contributed by atoms with Crippen LogP contribution in [0.25, 0.3) is 0 Å². The van der Waals surface area contributed by atoms with Crippen LogP contribution in [-0.2, 0) is 22.3 Å². The van der Waals surface area contributed by atoms with Gasteiger partial charge in [0.1, 0.15) is 6.10 Å². The highest BCUT2D eigenvalue weighted by atomic mass is 16.6. The van der Waals surface area contributed by atoms with E-state index in [0.717, 1.165) is 57.3 Å². The summed E-state index contributed by atoms with van der Waals surface area (Å²) in [6.07, 6.45) is 12.1. The molecule has 0 aromatic heterocycles. The van der Waals surface area contributed by atoms with E-state index in [4.69, 9.17) is 9.47 Å². The lowest BCUT2D eigenvalue weighted by molar-refractivity contribution is 0.00234. The first kappa shape index (κ1) is 25.7. The molecule has 0 bridgehead atoms. The molecule has 0 heterocycles. The van der Waals surface area contributed by atoms with E-state index in [2.05, 4.69) is 33.8 Å². The van der Waals surface area contributed by atoms with Gasteiger partial charge in [0, 0.05) is 7.11 Å². The van der Waals surface area contributed by atoms with Gasteiger partial charge in [-0.25, -0.2) is 4.79 Å². The van der Waals surface area contributed by atoms with Crippen molar-refractivity contribution in [2.24, 2.45) is 5.92 Å². The molecule has 166 valence electrons. The molecule has 29 heavy (non-hydrogen) atoms. The number of carbonyl (C=O) groups excluding carboxylic acids is 1. The summed E-state index contributed by atoms with van der Waals surface area (Å²) in [4.78, 5) is 12.9. The second-order valence-corrected chi connectivity index (χ2v) is 8.76. The van der Waals surface area contributed by atoms with Crippen molar-refractivity contribution in [3.05, 3.63) is 34.9 Å². The number of hydrogen-bond donors (Lipinski definition) is 0. The van der Waals surface area contributed by atoms with E-state index < -0.39 is 0 Å². The molecular formula is C26H44O3. The van der Waals surface area contributed by atoms with E-state index in [1.54, 1.807) is 7.11 Å². The summed E-state index contributed by atoms with van der Waals surface area (Å²) in [6, 6.07) is 6.32. The highest BCUT2D eigenvalue weighted by molar-refractivity contribution is 5.90. The van der Waals surface area contributed by atoms with Crippen LogP contribution in [0.15, 0.2) is 18.2 Å². The molecule has 1 aromatic carbocycles. The Kier molecular flexibility index (Phi) is 13.7. The number of aryl methyl sites for hydroxylation is 2. The van der Waals surface area contributed by atoms with Crippen LogP contribution in [0.2, 0.25) is 0 Å². The van der Waals surface area contributed by atoms with Gasteiger partial charge in [0.2, 0.25) is 0 Å². The normalized spacial score (nSPS) is 12.3. The zero-order valence-electron chi connectivity index (χ0n) is 19.6. The van der Waals surface area contributed by atoms with Gasteiger partial charge in [0.15, 0.2) is 0 Å². The average Bonchev–Trinajstić information content (AvgIpc) is 2.70. The molecule has 0 radical (unpaired) electrons. The fraction of sp³-hybridized carbons (Fsp3) is 0.731. The van der Waals surface area contributed by atoms with Crippen molar-refractivity contribution in [2.45, 2.75) is 104 Å². The van der Waals surface area contributed by atoms with Crippen molar-refractivity contribution in [2.75, 3.05) is 13.7 Å². The Morgan fingerprint density at radius 1 is 0.862 bits per heavy atom. The van der Waals surface area contributed by atoms with E-state index in [-0.39, 0.29) is 12.1 Å². The number of benzene rings is 1. The average molecular weight is 405 g/mol. The molecule has 0 aliphatic heterocycles. The Bertz CT molecular complexity index is 539. The molecule has 1 aromatic rings. The summed E-state index contributed by atoms with van der Waals surface area (Å²) in [7, 11) is 1.67. The Morgan fingerprint density at radius 3 is 1.97 bits per heavy atom. The van der Waals surface area contributed by atoms with Gasteiger partial charge in [0.05, 0.1) is 12.2 Å². The second-order valence-electron chi connectivity index (χ2n) is 8.76.